The minimum Gasteiger partial charge on any atom is -0.500 e. The Balaban J connectivity index is 2.18. The molecule has 0 radical (unpaired) electrons. The lowest BCUT2D eigenvalue weighted by atomic mass is 9.95. The first-order chi connectivity index (χ1) is 12.0. The van der Waals surface area contributed by atoms with Gasteiger partial charge in [-0.05, 0) is 29.8 Å². The van der Waals surface area contributed by atoms with Gasteiger partial charge in [0, 0.05) is 5.92 Å². The number of carbonyl (C=O) groups excluding carboxylic acids is 1. The third kappa shape index (κ3) is 5.09. The number of carbonyl (C=O) groups is 1. The van der Waals surface area contributed by atoms with Gasteiger partial charge in [0.2, 0.25) is 0 Å². The quantitative estimate of drug-likeness (QED) is 0.470. The van der Waals surface area contributed by atoms with Crippen molar-refractivity contribution in [2.45, 2.75) is 13.0 Å². The average molecular weight is 342 g/mol. The van der Waals surface area contributed by atoms with Crippen molar-refractivity contribution >= 4 is 5.97 Å². The van der Waals surface area contributed by atoms with E-state index < -0.39 is 18.0 Å². The number of benzene rings is 2. The molecule has 0 aliphatic rings. The number of para-hydroxylation sites is 1. The van der Waals surface area contributed by atoms with E-state index in [0.717, 1.165) is 0 Å². The minimum atomic E-state index is -0.866. The number of hydrogen-bond acceptors (Lipinski definition) is 5. The van der Waals surface area contributed by atoms with E-state index in [0.29, 0.717) is 22.8 Å². The molecule has 0 saturated carbocycles. The lowest BCUT2D eigenvalue weighted by Crippen LogP contribution is -2.14. The van der Waals surface area contributed by atoms with E-state index in [1.54, 1.807) is 25.1 Å². The minimum absolute atomic E-state index is 0.341. The summed E-state index contributed by atoms with van der Waals surface area (Å²) in [5.41, 5.74) is 0.661. The highest BCUT2D eigenvalue weighted by Gasteiger charge is 2.22. The first kappa shape index (κ1) is 18.5. The number of aliphatic hydroxyl groups is 1. The topological polar surface area (TPSA) is 65.0 Å². The molecular weight excluding hydrogens is 320 g/mol. The molecule has 0 fully saturated rings. The van der Waals surface area contributed by atoms with Crippen molar-refractivity contribution in [3.63, 3.8) is 0 Å². The molecule has 0 bridgehead atoms. The van der Waals surface area contributed by atoms with Crippen molar-refractivity contribution in [3.05, 3.63) is 72.0 Å². The molecule has 0 aliphatic carbocycles. The van der Waals surface area contributed by atoms with Gasteiger partial charge < -0.3 is 19.3 Å². The lowest BCUT2D eigenvalue weighted by Gasteiger charge is -2.21. The molecule has 132 valence electrons. The molecule has 0 heterocycles. The van der Waals surface area contributed by atoms with Gasteiger partial charge in [-0.3, -0.25) is 0 Å². The monoisotopic (exact) mass is 342 g/mol. The normalized spacial score (nSPS) is 13.7. The van der Waals surface area contributed by atoms with Gasteiger partial charge in [-0.25, -0.2) is 4.79 Å². The van der Waals surface area contributed by atoms with Crippen LogP contribution < -0.4 is 4.74 Å². The summed E-state index contributed by atoms with van der Waals surface area (Å²) in [5.74, 6) is 0.707. The van der Waals surface area contributed by atoms with Crippen LogP contribution in [-0.2, 0) is 14.3 Å². The van der Waals surface area contributed by atoms with Gasteiger partial charge in [0.05, 0.1) is 26.4 Å². The van der Waals surface area contributed by atoms with Crippen molar-refractivity contribution < 1.29 is 24.1 Å². The van der Waals surface area contributed by atoms with Crippen LogP contribution in [0.4, 0.5) is 0 Å². The van der Waals surface area contributed by atoms with Crippen molar-refractivity contribution in [3.8, 4) is 11.5 Å². The second-order valence-corrected chi connectivity index (χ2v) is 5.50. The second kappa shape index (κ2) is 8.89. The summed E-state index contributed by atoms with van der Waals surface area (Å²) in [5, 5.41) is 10.6. The Hall–Kier alpha value is -2.79. The average Bonchev–Trinajstić information content (AvgIpc) is 2.65. The maximum atomic E-state index is 11.4. The predicted octanol–water partition coefficient (Wildman–Crippen LogP) is 3.85. The summed E-state index contributed by atoms with van der Waals surface area (Å²) in [6, 6.07) is 16.6. The fourth-order valence-corrected chi connectivity index (χ4v) is 2.38. The van der Waals surface area contributed by atoms with E-state index in [2.05, 4.69) is 4.74 Å². The van der Waals surface area contributed by atoms with Crippen molar-refractivity contribution in [1.29, 1.82) is 0 Å². The first-order valence-corrected chi connectivity index (χ1v) is 7.89. The maximum Gasteiger partial charge on any atom is 0.333 e. The summed E-state index contributed by atoms with van der Waals surface area (Å²) in [6.07, 6.45) is 0.369. The van der Waals surface area contributed by atoms with E-state index >= 15 is 0 Å². The summed E-state index contributed by atoms with van der Waals surface area (Å²) in [7, 11) is 2.74. The SMILES string of the molecule is COC(=O)/C=C(/OC)[C@@H](C)[C@@H](O)c1cccc(Oc2ccccc2)c1. The molecule has 2 aromatic rings. The molecule has 0 spiro atoms. The van der Waals surface area contributed by atoms with Crippen LogP contribution in [0.5, 0.6) is 11.5 Å². The summed E-state index contributed by atoms with van der Waals surface area (Å²) >= 11 is 0. The zero-order valence-electron chi connectivity index (χ0n) is 14.5. The smallest absolute Gasteiger partial charge is 0.333 e. The Kier molecular flexibility index (Phi) is 6.60. The van der Waals surface area contributed by atoms with Crippen LogP contribution >= 0.6 is 0 Å². The lowest BCUT2D eigenvalue weighted by molar-refractivity contribution is -0.135. The second-order valence-electron chi connectivity index (χ2n) is 5.50. The standard InChI is InChI=1S/C20H22O5/c1-14(18(23-2)13-19(21)24-3)20(22)15-8-7-11-17(12-15)25-16-9-5-4-6-10-16/h4-14,20,22H,1-3H3/b18-13+/t14-,20-/m1/s1. The number of rotatable bonds is 7. The number of ether oxygens (including phenoxy) is 3. The Morgan fingerprint density at radius 3 is 2.32 bits per heavy atom. The molecule has 0 unspecified atom stereocenters. The summed E-state index contributed by atoms with van der Waals surface area (Å²) in [4.78, 5) is 11.4. The Morgan fingerprint density at radius 1 is 1.00 bits per heavy atom. The third-order valence-corrected chi connectivity index (χ3v) is 3.80. The fourth-order valence-electron chi connectivity index (χ4n) is 2.38. The molecular formula is C20H22O5. The van der Waals surface area contributed by atoms with Crippen LogP contribution in [0.25, 0.3) is 0 Å². The third-order valence-electron chi connectivity index (χ3n) is 3.80. The van der Waals surface area contributed by atoms with Crippen molar-refractivity contribution in [1.82, 2.24) is 0 Å². The number of aliphatic hydroxyl groups excluding tert-OH is 1. The highest BCUT2D eigenvalue weighted by atomic mass is 16.5. The molecule has 0 aromatic heterocycles. The van der Waals surface area contributed by atoms with Gasteiger partial charge >= 0.3 is 5.97 Å². The molecule has 5 nitrogen and oxygen atoms in total. The highest BCUT2D eigenvalue weighted by Crippen LogP contribution is 2.31. The van der Waals surface area contributed by atoms with Gasteiger partial charge in [-0.2, -0.15) is 0 Å². The number of methoxy groups -OCH3 is 2. The molecule has 1 N–H and O–H groups in total. The number of hydrogen-bond donors (Lipinski definition) is 1. The summed E-state index contributed by atoms with van der Waals surface area (Å²) < 4.78 is 15.6. The van der Waals surface area contributed by atoms with E-state index in [-0.39, 0.29) is 0 Å². The van der Waals surface area contributed by atoms with E-state index in [9.17, 15) is 9.90 Å². The molecule has 0 amide bonds. The number of esters is 1. The fraction of sp³-hybridized carbons (Fsp3) is 0.250. The molecule has 2 rings (SSSR count). The van der Waals surface area contributed by atoms with Gasteiger partial charge in [0.25, 0.3) is 0 Å². The van der Waals surface area contributed by atoms with Gasteiger partial charge in [-0.1, -0.05) is 37.3 Å². The Labute approximate surface area is 147 Å². The van der Waals surface area contributed by atoms with Crippen molar-refractivity contribution in [2.75, 3.05) is 14.2 Å². The maximum absolute atomic E-state index is 11.4. The zero-order valence-corrected chi connectivity index (χ0v) is 14.5. The van der Waals surface area contributed by atoms with Crippen LogP contribution in [-0.4, -0.2) is 25.3 Å². The van der Waals surface area contributed by atoms with Crippen molar-refractivity contribution in [2.24, 2.45) is 5.92 Å². The molecule has 2 atom stereocenters. The Bertz CT molecular complexity index is 724. The molecule has 25 heavy (non-hydrogen) atoms. The largest absolute Gasteiger partial charge is 0.500 e. The van der Waals surface area contributed by atoms with E-state index in [4.69, 9.17) is 9.47 Å². The zero-order chi connectivity index (χ0) is 18.2. The molecule has 2 aromatic carbocycles. The van der Waals surface area contributed by atoms with Crippen LogP contribution in [0.2, 0.25) is 0 Å². The van der Waals surface area contributed by atoms with Crippen LogP contribution in [0.15, 0.2) is 66.4 Å². The Morgan fingerprint density at radius 2 is 1.68 bits per heavy atom. The van der Waals surface area contributed by atoms with Gasteiger partial charge in [-0.15, -0.1) is 0 Å². The molecule has 0 saturated heterocycles. The highest BCUT2D eigenvalue weighted by molar-refractivity contribution is 5.82. The van der Waals surface area contributed by atoms with Crippen LogP contribution in [0.3, 0.4) is 0 Å². The van der Waals surface area contributed by atoms with E-state index in [1.807, 2.05) is 36.4 Å². The first-order valence-electron chi connectivity index (χ1n) is 7.89. The summed E-state index contributed by atoms with van der Waals surface area (Å²) in [6.45, 7) is 1.77. The molecule has 5 heteroatoms. The van der Waals surface area contributed by atoms with E-state index in [1.165, 1.54) is 20.3 Å². The predicted molar refractivity (Wildman–Crippen MR) is 94.2 cm³/mol. The van der Waals surface area contributed by atoms with Gasteiger partial charge in [0.1, 0.15) is 17.3 Å². The van der Waals surface area contributed by atoms with Gasteiger partial charge in [0.15, 0.2) is 0 Å². The van der Waals surface area contributed by atoms with Crippen LogP contribution in [0, 0.1) is 5.92 Å². The van der Waals surface area contributed by atoms with Crippen LogP contribution in [0.1, 0.15) is 18.6 Å². The molecule has 0 aliphatic heterocycles.